The van der Waals surface area contributed by atoms with Gasteiger partial charge in [-0.05, 0) is 42.0 Å². The van der Waals surface area contributed by atoms with Crippen LogP contribution in [0.1, 0.15) is 15.9 Å². The van der Waals surface area contributed by atoms with Gasteiger partial charge in [0, 0.05) is 16.5 Å². The van der Waals surface area contributed by atoms with Crippen molar-refractivity contribution in [2.45, 2.75) is 6.42 Å². The second-order valence-corrected chi connectivity index (χ2v) is 5.02. The van der Waals surface area contributed by atoms with Crippen molar-refractivity contribution in [3.8, 4) is 5.75 Å². The van der Waals surface area contributed by atoms with Crippen LogP contribution in [0.3, 0.4) is 0 Å². The second-order valence-electron chi connectivity index (χ2n) is 4.18. The van der Waals surface area contributed by atoms with Gasteiger partial charge in [-0.2, -0.15) is 0 Å². The van der Waals surface area contributed by atoms with Crippen LogP contribution in [0.5, 0.6) is 5.75 Å². The molecule has 0 saturated carbocycles. The first kappa shape index (κ1) is 14.8. The Kier molecular flexibility index (Phi) is 4.63. The van der Waals surface area contributed by atoms with Crippen LogP contribution in [0.25, 0.3) is 0 Å². The molecule has 0 aliphatic rings. The minimum Gasteiger partial charge on any atom is -0.496 e. The van der Waals surface area contributed by atoms with E-state index in [0.29, 0.717) is 26.9 Å². The Bertz CT molecular complexity index is 656. The maximum absolute atomic E-state index is 13.2. The van der Waals surface area contributed by atoms with Gasteiger partial charge in [-0.3, -0.25) is 4.79 Å². The van der Waals surface area contributed by atoms with Gasteiger partial charge in [0.05, 0.1) is 12.7 Å². The van der Waals surface area contributed by atoms with E-state index in [0.717, 1.165) is 0 Å². The van der Waals surface area contributed by atoms with E-state index in [-0.39, 0.29) is 12.2 Å². The average Bonchev–Trinajstić information content (AvgIpc) is 2.42. The predicted octanol–water partition coefficient (Wildman–Crippen LogP) is 4.57. The zero-order valence-electron chi connectivity index (χ0n) is 10.6. The van der Waals surface area contributed by atoms with Crippen LogP contribution in [0.4, 0.5) is 4.39 Å². The minimum atomic E-state index is -0.435. The molecule has 0 radical (unpaired) electrons. The standard InChI is InChI=1S/C15H11Cl2FO2/c1-20-15-5-2-10(16)8-12(15)14(19)7-9-6-11(18)3-4-13(9)17/h2-6,8H,7H2,1H3. The van der Waals surface area contributed by atoms with Gasteiger partial charge in [0.25, 0.3) is 0 Å². The molecule has 0 aromatic heterocycles. The molecule has 0 N–H and O–H groups in total. The number of benzene rings is 2. The highest BCUT2D eigenvalue weighted by Crippen LogP contribution is 2.26. The summed E-state index contributed by atoms with van der Waals surface area (Å²) < 4.78 is 18.3. The van der Waals surface area contributed by atoms with Gasteiger partial charge in [-0.1, -0.05) is 23.2 Å². The first-order valence-electron chi connectivity index (χ1n) is 5.82. The van der Waals surface area contributed by atoms with Crippen LogP contribution in [-0.2, 0) is 6.42 Å². The van der Waals surface area contributed by atoms with E-state index >= 15 is 0 Å². The monoisotopic (exact) mass is 312 g/mol. The van der Waals surface area contributed by atoms with E-state index in [1.165, 1.54) is 31.4 Å². The van der Waals surface area contributed by atoms with E-state index in [1.807, 2.05) is 0 Å². The van der Waals surface area contributed by atoms with Gasteiger partial charge >= 0.3 is 0 Å². The molecule has 0 fully saturated rings. The van der Waals surface area contributed by atoms with Crippen LogP contribution >= 0.6 is 23.2 Å². The minimum absolute atomic E-state index is 0.0205. The molecule has 0 saturated heterocycles. The molecule has 0 bridgehead atoms. The smallest absolute Gasteiger partial charge is 0.171 e. The molecule has 5 heteroatoms. The average molecular weight is 313 g/mol. The third-order valence-electron chi connectivity index (χ3n) is 2.82. The molecule has 0 amide bonds. The molecule has 20 heavy (non-hydrogen) atoms. The Morgan fingerprint density at radius 1 is 1.20 bits per heavy atom. The fourth-order valence-corrected chi connectivity index (χ4v) is 2.20. The highest BCUT2D eigenvalue weighted by Gasteiger charge is 2.15. The third-order valence-corrected chi connectivity index (χ3v) is 3.42. The Hall–Kier alpha value is -1.58. The van der Waals surface area contributed by atoms with Crippen molar-refractivity contribution in [1.29, 1.82) is 0 Å². The van der Waals surface area contributed by atoms with E-state index in [2.05, 4.69) is 0 Å². The normalized spacial score (nSPS) is 10.4. The first-order chi connectivity index (χ1) is 9.51. The topological polar surface area (TPSA) is 26.3 Å². The predicted molar refractivity (Wildman–Crippen MR) is 77.4 cm³/mol. The van der Waals surface area contributed by atoms with Crippen molar-refractivity contribution in [3.63, 3.8) is 0 Å². The summed E-state index contributed by atoms with van der Waals surface area (Å²) in [4.78, 5) is 12.3. The number of halogens is 3. The van der Waals surface area contributed by atoms with Gasteiger partial charge in [0.1, 0.15) is 11.6 Å². The van der Waals surface area contributed by atoms with Crippen molar-refractivity contribution in [1.82, 2.24) is 0 Å². The van der Waals surface area contributed by atoms with Crippen LogP contribution in [0.2, 0.25) is 10.0 Å². The number of carbonyl (C=O) groups is 1. The van der Waals surface area contributed by atoms with Crippen LogP contribution < -0.4 is 4.74 Å². The number of rotatable bonds is 4. The number of Topliss-reactive ketones (excluding diaryl/α,β-unsaturated/α-hetero) is 1. The highest BCUT2D eigenvalue weighted by molar-refractivity contribution is 6.32. The molecular formula is C15H11Cl2FO2. The molecular weight excluding hydrogens is 302 g/mol. The molecule has 104 valence electrons. The molecule has 0 aliphatic carbocycles. The molecule has 0 atom stereocenters. The maximum atomic E-state index is 13.2. The number of hydrogen-bond donors (Lipinski definition) is 0. The van der Waals surface area contributed by atoms with E-state index in [1.54, 1.807) is 12.1 Å². The SMILES string of the molecule is COc1ccc(Cl)cc1C(=O)Cc1cc(F)ccc1Cl. The fraction of sp³-hybridized carbons (Fsp3) is 0.133. The van der Waals surface area contributed by atoms with Gasteiger partial charge in [0.15, 0.2) is 5.78 Å². The van der Waals surface area contributed by atoms with Crippen LogP contribution in [-0.4, -0.2) is 12.9 Å². The number of ether oxygens (including phenoxy) is 1. The maximum Gasteiger partial charge on any atom is 0.171 e. The zero-order chi connectivity index (χ0) is 14.7. The summed E-state index contributed by atoms with van der Waals surface area (Å²) >= 11 is 11.8. The van der Waals surface area contributed by atoms with Gasteiger partial charge < -0.3 is 4.74 Å². The van der Waals surface area contributed by atoms with Gasteiger partial charge in [0.2, 0.25) is 0 Å². The Balaban J connectivity index is 2.32. The summed E-state index contributed by atoms with van der Waals surface area (Å²) in [5.74, 6) is -0.251. The highest BCUT2D eigenvalue weighted by atomic mass is 35.5. The number of hydrogen-bond acceptors (Lipinski definition) is 2. The lowest BCUT2D eigenvalue weighted by Gasteiger charge is -2.09. The first-order valence-corrected chi connectivity index (χ1v) is 6.57. The largest absolute Gasteiger partial charge is 0.496 e. The molecule has 0 unspecified atom stereocenters. The second kappa shape index (κ2) is 6.25. The Morgan fingerprint density at radius 3 is 2.65 bits per heavy atom. The fourth-order valence-electron chi connectivity index (χ4n) is 1.85. The zero-order valence-corrected chi connectivity index (χ0v) is 12.1. The lowest BCUT2D eigenvalue weighted by Crippen LogP contribution is -2.06. The van der Waals surface area contributed by atoms with E-state index < -0.39 is 5.82 Å². The van der Waals surface area contributed by atoms with Crippen LogP contribution in [0.15, 0.2) is 36.4 Å². The van der Waals surface area contributed by atoms with Crippen molar-refractivity contribution >= 4 is 29.0 Å². The third kappa shape index (κ3) is 3.30. The quantitative estimate of drug-likeness (QED) is 0.773. The summed E-state index contributed by atoms with van der Waals surface area (Å²) in [6.07, 6.45) is -0.0205. The van der Waals surface area contributed by atoms with Gasteiger partial charge in [-0.15, -0.1) is 0 Å². The van der Waals surface area contributed by atoms with Crippen LogP contribution in [0, 0.1) is 5.82 Å². The molecule has 2 nitrogen and oxygen atoms in total. The molecule has 0 heterocycles. The summed E-state index contributed by atoms with van der Waals surface area (Å²) in [5.41, 5.74) is 0.777. The molecule has 0 aliphatic heterocycles. The Morgan fingerprint density at radius 2 is 1.95 bits per heavy atom. The summed E-state index contributed by atoms with van der Waals surface area (Å²) in [6, 6.07) is 8.69. The Labute approximate surface area is 126 Å². The van der Waals surface area contributed by atoms with Gasteiger partial charge in [-0.25, -0.2) is 4.39 Å². The van der Waals surface area contributed by atoms with Crippen molar-refractivity contribution < 1.29 is 13.9 Å². The summed E-state index contributed by atoms with van der Waals surface area (Å²) in [6.45, 7) is 0. The number of carbonyl (C=O) groups excluding carboxylic acids is 1. The number of ketones is 1. The number of methoxy groups -OCH3 is 1. The summed E-state index contributed by atoms with van der Waals surface area (Å²) in [5, 5.41) is 0.778. The summed E-state index contributed by atoms with van der Waals surface area (Å²) in [7, 11) is 1.47. The van der Waals surface area contributed by atoms with Crippen molar-refractivity contribution in [2.24, 2.45) is 0 Å². The van der Waals surface area contributed by atoms with E-state index in [9.17, 15) is 9.18 Å². The van der Waals surface area contributed by atoms with Crippen molar-refractivity contribution in [2.75, 3.05) is 7.11 Å². The lowest BCUT2D eigenvalue weighted by atomic mass is 10.0. The van der Waals surface area contributed by atoms with E-state index in [4.69, 9.17) is 27.9 Å². The molecule has 2 aromatic carbocycles. The molecule has 2 aromatic rings. The lowest BCUT2D eigenvalue weighted by molar-refractivity contribution is 0.0990. The molecule has 0 spiro atoms. The van der Waals surface area contributed by atoms with Crippen molar-refractivity contribution in [3.05, 3.63) is 63.4 Å². The molecule has 2 rings (SSSR count).